The summed E-state index contributed by atoms with van der Waals surface area (Å²) in [5.74, 6) is -0.201. The first-order valence-corrected chi connectivity index (χ1v) is 8.09. The molecule has 0 aliphatic carbocycles. The molecule has 0 amide bonds. The number of hydrogen-bond acceptors (Lipinski definition) is 3. The van der Waals surface area contributed by atoms with Crippen LogP contribution in [0.1, 0.15) is 29.0 Å². The topological polar surface area (TPSA) is 26.0 Å². The van der Waals surface area contributed by atoms with Crippen LogP contribution in [0, 0.1) is 12.7 Å². The molecule has 0 saturated carbocycles. The predicted octanol–water partition coefficient (Wildman–Crippen LogP) is 4.77. The van der Waals surface area contributed by atoms with Gasteiger partial charge in [-0.2, -0.15) is 0 Å². The molecule has 0 aliphatic rings. The molecule has 1 heterocycles. The zero-order chi connectivity index (χ0) is 13.8. The van der Waals surface area contributed by atoms with E-state index in [9.17, 15) is 4.39 Å². The van der Waals surface area contributed by atoms with Gasteiger partial charge in [-0.3, -0.25) is 0 Å². The molecular weight excluding hydrogens is 277 g/mol. The first-order valence-electron chi connectivity index (χ1n) is 6.33. The van der Waals surface area contributed by atoms with Gasteiger partial charge >= 0.3 is 0 Å². The lowest BCUT2D eigenvalue weighted by Crippen LogP contribution is -2.25. The second-order valence-corrected chi connectivity index (χ2v) is 6.70. The Morgan fingerprint density at radius 1 is 1.26 bits per heavy atom. The Labute approximate surface area is 122 Å². The Balaban J connectivity index is 2.24. The van der Waals surface area contributed by atoms with E-state index in [1.807, 2.05) is 12.1 Å². The molecule has 2 rings (SSSR count). The van der Waals surface area contributed by atoms with Crippen molar-refractivity contribution >= 4 is 23.1 Å². The van der Waals surface area contributed by atoms with E-state index < -0.39 is 0 Å². The summed E-state index contributed by atoms with van der Waals surface area (Å²) in [4.78, 5) is 2.38. The van der Waals surface area contributed by atoms with Gasteiger partial charge in [-0.25, -0.2) is 4.39 Å². The van der Waals surface area contributed by atoms with Crippen molar-refractivity contribution in [3.63, 3.8) is 0 Å². The Morgan fingerprint density at radius 2 is 1.95 bits per heavy atom. The van der Waals surface area contributed by atoms with Gasteiger partial charge < -0.3 is 5.73 Å². The van der Waals surface area contributed by atoms with E-state index in [4.69, 9.17) is 5.73 Å². The van der Waals surface area contributed by atoms with Crippen LogP contribution in [-0.2, 0) is 0 Å². The van der Waals surface area contributed by atoms with Gasteiger partial charge in [0.05, 0.1) is 5.25 Å². The fourth-order valence-electron chi connectivity index (χ4n) is 1.89. The van der Waals surface area contributed by atoms with Crippen molar-refractivity contribution in [3.05, 3.63) is 52.0 Å². The number of rotatable bonds is 5. The molecule has 1 nitrogen and oxygen atoms in total. The fourth-order valence-corrected chi connectivity index (χ4v) is 4.42. The van der Waals surface area contributed by atoms with E-state index in [0.717, 1.165) is 11.3 Å². The molecule has 2 atom stereocenters. The minimum absolute atomic E-state index is 0.104. The molecule has 19 heavy (non-hydrogen) atoms. The van der Waals surface area contributed by atoms with Crippen LogP contribution in [0.15, 0.2) is 40.6 Å². The number of aryl methyl sites for hydroxylation is 1. The Bertz CT molecular complexity index is 521. The number of benzene rings is 1. The van der Waals surface area contributed by atoms with Crippen molar-refractivity contribution in [1.82, 2.24) is 0 Å². The molecular formula is C15H18FNS2. The zero-order valence-electron chi connectivity index (χ0n) is 11.1. The van der Waals surface area contributed by atoms with E-state index in [-0.39, 0.29) is 17.1 Å². The zero-order valence-corrected chi connectivity index (χ0v) is 12.7. The summed E-state index contributed by atoms with van der Waals surface area (Å²) in [7, 11) is 0. The van der Waals surface area contributed by atoms with E-state index in [1.165, 1.54) is 22.6 Å². The smallest absolute Gasteiger partial charge is 0.123 e. The maximum atomic E-state index is 13.0. The lowest BCUT2D eigenvalue weighted by molar-refractivity contribution is 0.626. The van der Waals surface area contributed by atoms with Crippen LogP contribution >= 0.6 is 23.1 Å². The van der Waals surface area contributed by atoms with E-state index in [2.05, 4.69) is 25.3 Å². The molecule has 102 valence electrons. The average Bonchev–Trinajstić information content (AvgIpc) is 2.83. The molecule has 2 aromatic rings. The normalized spacial score (nSPS) is 14.3. The van der Waals surface area contributed by atoms with Crippen molar-refractivity contribution in [2.24, 2.45) is 5.73 Å². The van der Waals surface area contributed by atoms with E-state index >= 15 is 0 Å². The molecule has 0 saturated heterocycles. The summed E-state index contributed by atoms with van der Waals surface area (Å²) < 4.78 is 13.0. The number of nitrogens with two attached hydrogens (primary N) is 1. The molecule has 0 radical (unpaired) electrons. The Kier molecular flexibility index (Phi) is 5.02. The molecule has 2 unspecified atom stereocenters. The van der Waals surface area contributed by atoms with Gasteiger partial charge in [0.1, 0.15) is 5.82 Å². The van der Waals surface area contributed by atoms with E-state index in [1.54, 1.807) is 23.1 Å². The van der Waals surface area contributed by atoms with Gasteiger partial charge in [-0.15, -0.1) is 23.1 Å². The van der Waals surface area contributed by atoms with Gasteiger partial charge in [0.2, 0.25) is 0 Å². The van der Waals surface area contributed by atoms with Crippen LogP contribution < -0.4 is 5.73 Å². The van der Waals surface area contributed by atoms with E-state index in [0.29, 0.717) is 0 Å². The molecule has 2 N–H and O–H groups in total. The number of halogens is 1. The highest BCUT2D eigenvalue weighted by molar-refractivity contribution is 7.99. The summed E-state index contributed by atoms with van der Waals surface area (Å²) in [5.41, 5.74) is 7.55. The van der Waals surface area contributed by atoms with Crippen LogP contribution in [0.25, 0.3) is 0 Å². The van der Waals surface area contributed by atoms with Crippen molar-refractivity contribution in [2.45, 2.75) is 36.5 Å². The maximum Gasteiger partial charge on any atom is 0.123 e. The lowest BCUT2D eigenvalue weighted by Gasteiger charge is -2.22. The van der Waals surface area contributed by atoms with Gasteiger partial charge in [0.25, 0.3) is 0 Å². The van der Waals surface area contributed by atoms with Crippen LogP contribution in [-0.4, -0.2) is 6.04 Å². The highest BCUT2D eigenvalue weighted by Gasteiger charge is 2.22. The maximum absolute atomic E-state index is 13.0. The first-order chi connectivity index (χ1) is 9.11. The summed E-state index contributed by atoms with van der Waals surface area (Å²) in [5, 5.41) is 2.33. The van der Waals surface area contributed by atoms with Crippen molar-refractivity contribution in [2.75, 3.05) is 0 Å². The third-order valence-electron chi connectivity index (χ3n) is 3.10. The first kappa shape index (κ1) is 14.6. The molecule has 0 fully saturated rings. The minimum atomic E-state index is -0.201. The molecule has 1 aromatic heterocycles. The fraction of sp³-hybridized carbons (Fsp3) is 0.333. The summed E-state index contributed by atoms with van der Waals surface area (Å²) in [6.07, 6.45) is 0.927. The van der Waals surface area contributed by atoms with Crippen LogP contribution in [0.2, 0.25) is 0 Å². The lowest BCUT2D eigenvalue weighted by atomic mass is 10.1. The number of thiophene rings is 1. The standard InChI is InChI=1S/C15H18FNS2/c1-3-13(17)15(14-10(2)8-9-18-14)19-12-6-4-11(16)5-7-12/h4-9,13,15H,3,17H2,1-2H3. The van der Waals surface area contributed by atoms with Gasteiger partial charge in [-0.1, -0.05) is 6.92 Å². The number of hydrogen-bond donors (Lipinski definition) is 1. The van der Waals surface area contributed by atoms with Crippen LogP contribution in [0.4, 0.5) is 4.39 Å². The van der Waals surface area contributed by atoms with Gasteiger partial charge in [-0.05, 0) is 54.6 Å². The third-order valence-corrected chi connectivity index (χ3v) is 5.73. The van der Waals surface area contributed by atoms with Crippen LogP contribution in [0.3, 0.4) is 0 Å². The van der Waals surface area contributed by atoms with Crippen molar-refractivity contribution in [1.29, 1.82) is 0 Å². The highest BCUT2D eigenvalue weighted by Crippen LogP contribution is 2.41. The average molecular weight is 295 g/mol. The summed E-state index contributed by atoms with van der Waals surface area (Å²) in [6.45, 7) is 4.22. The summed E-state index contributed by atoms with van der Waals surface area (Å²) >= 11 is 3.47. The molecule has 0 spiro atoms. The molecule has 0 bridgehead atoms. The van der Waals surface area contributed by atoms with Gasteiger partial charge in [0.15, 0.2) is 0 Å². The molecule has 0 aliphatic heterocycles. The largest absolute Gasteiger partial charge is 0.326 e. The second kappa shape index (κ2) is 6.55. The summed E-state index contributed by atoms with van der Waals surface area (Å²) in [6, 6.07) is 8.86. The van der Waals surface area contributed by atoms with Crippen molar-refractivity contribution < 1.29 is 4.39 Å². The SMILES string of the molecule is CCC(N)C(Sc1ccc(F)cc1)c1sccc1C. The quantitative estimate of drug-likeness (QED) is 0.804. The van der Waals surface area contributed by atoms with Crippen LogP contribution in [0.5, 0.6) is 0 Å². The molecule has 4 heteroatoms. The highest BCUT2D eigenvalue weighted by atomic mass is 32.2. The second-order valence-electron chi connectivity index (χ2n) is 4.53. The minimum Gasteiger partial charge on any atom is -0.326 e. The predicted molar refractivity (Wildman–Crippen MR) is 82.3 cm³/mol. The Morgan fingerprint density at radius 3 is 2.47 bits per heavy atom. The van der Waals surface area contributed by atoms with Crippen molar-refractivity contribution in [3.8, 4) is 0 Å². The Hall–Kier alpha value is -0.840. The number of thioether (sulfide) groups is 1. The third kappa shape index (κ3) is 3.59. The monoisotopic (exact) mass is 295 g/mol. The van der Waals surface area contributed by atoms with Gasteiger partial charge in [0, 0.05) is 15.8 Å². The molecule has 1 aromatic carbocycles.